The highest BCUT2D eigenvalue weighted by Crippen LogP contribution is 2.67. The molecule has 1 N–H and O–H groups in total. The molecule has 0 aromatic rings. The number of allylic oxidation sites excluding steroid dienone is 1. The smallest absolute Gasteiger partial charge is 0.0577 e. The van der Waals surface area contributed by atoms with Gasteiger partial charge in [0.25, 0.3) is 0 Å². The number of rotatable bonds is 5. The Balaban J connectivity index is 1.57. The normalized spacial score (nSPS) is 48.6. The minimum Gasteiger partial charge on any atom is -0.393 e. The van der Waals surface area contributed by atoms with Gasteiger partial charge in [-0.15, -0.1) is 0 Å². The van der Waals surface area contributed by atoms with Crippen molar-refractivity contribution < 1.29 is 9.22 Å². The summed E-state index contributed by atoms with van der Waals surface area (Å²) in [6, 6.07) is 0. The molecular weight excluding hydrogens is 340 g/mol. The lowest BCUT2D eigenvalue weighted by molar-refractivity contribution is -0.0573. The monoisotopic (exact) mass is 389 g/mol. The minimum absolute atomic E-state index is 0.278. The second-order valence-electron chi connectivity index (χ2n) is 11.7. The summed E-state index contributed by atoms with van der Waals surface area (Å²) in [4.78, 5) is 0. The van der Waals surface area contributed by atoms with Crippen LogP contribution in [0.25, 0.3) is 0 Å². The summed E-state index contributed by atoms with van der Waals surface area (Å²) in [5.74, 6) is 3.84. The molecule has 0 unspecified atom stereocenters. The molecule has 4 aliphatic rings. The van der Waals surface area contributed by atoms with Gasteiger partial charge in [0.05, 0.1) is 6.10 Å². The molecule has 28 heavy (non-hydrogen) atoms. The van der Waals surface area contributed by atoms with Crippen molar-refractivity contribution >= 4 is 0 Å². The van der Waals surface area contributed by atoms with Gasteiger partial charge in [0.1, 0.15) is 0 Å². The fourth-order valence-electron chi connectivity index (χ4n) is 8.31. The lowest BCUT2D eigenvalue weighted by atomic mass is 9.47. The molecule has 0 bridgehead atoms. The third-order valence-electron chi connectivity index (χ3n) is 9.81. The van der Waals surface area contributed by atoms with Crippen LogP contribution in [0.3, 0.4) is 0 Å². The maximum Gasteiger partial charge on any atom is 0.0577 e. The molecule has 0 spiro atoms. The van der Waals surface area contributed by atoms with Crippen molar-refractivity contribution in [1.29, 1.82) is 0 Å². The van der Waals surface area contributed by atoms with Gasteiger partial charge < -0.3 is 5.11 Å². The van der Waals surface area contributed by atoms with Gasteiger partial charge in [0, 0.05) is 4.11 Å². The van der Waals surface area contributed by atoms with Crippen LogP contribution >= 0.6 is 0 Å². The van der Waals surface area contributed by atoms with Crippen molar-refractivity contribution in [1.82, 2.24) is 0 Å². The summed E-state index contributed by atoms with van der Waals surface area (Å²) in [7, 11) is 0. The van der Waals surface area contributed by atoms with Crippen molar-refractivity contribution in [3.63, 3.8) is 0 Å². The van der Waals surface area contributed by atoms with E-state index in [4.69, 9.17) is 4.11 Å². The predicted octanol–water partition coefficient (Wildman–Crippen LogP) is 7.39. The summed E-state index contributed by atoms with van der Waals surface area (Å²) >= 11 is 0. The van der Waals surface area contributed by atoms with Gasteiger partial charge in [0.15, 0.2) is 0 Å². The predicted molar refractivity (Wildman–Crippen MR) is 119 cm³/mol. The minimum atomic E-state index is -1.96. The molecule has 4 aliphatic carbocycles. The standard InChI is InChI=1S/C27H46O/c1-18(2)7-6-8-19(3)23-11-12-24-22-10-9-20-17-21(28)13-15-26(20,4)25(22)14-16-27(23,24)5/h9,18-19,21-25,28H,6-8,10-17H2,1-5H3/t19-,21-,22+,23+,24-,25+,26-,27+/m1/s1/i4D3. The van der Waals surface area contributed by atoms with Crippen molar-refractivity contribution in [2.45, 2.75) is 111 Å². The van der Waals surface area contributed by atoms with E-state index in [0.717, 1.165) is 36.2 Å². The van der Waals surface area contributed by atoms with Crippen LogP contribution in [0.15, 0.2) is 11.6 Å². The van der Waals surface area contributed by atoms with Crippen molar-refractivity contribution in [2.24, 2.45) is 46.3 Å². The van der Waals surface area contributed by atoms with Crippen LogP contribution in [0.1, 0.15) is 109 Å². The Morgan fingerprint density at radius 2 is 1.93 bits per heavy atom. The van der Waals surface area contributed by atoms with E-state index < -0.39 is 12.3 Å². The zero-order chi connectivity index (χ0) is 22.6. The molecule has 0 amide bonds. The lowest BCUT2D eigenvalue weighted by Crippen LogP contribution is -2.50. The molecule has 0 saturated heterocycles. The zero-order valence-electron chi connectivity index (χ0n) is 21.8. The van der Waals surface area contributed by atoms with Gasteiger partial charge in [-0.25, -0.2) is 0 Å². The van der Waals surface area contributed by atoms with Gasteiger partial charge in [0.2, 0.25) is 0 Å². The van der Waals surface area contributed by atoms with Crippen LogP contribution in [0.4, 0.5) is 0 Å². The first-order valence-corrected chi connectivity index (χ1v) is 12.4. The van der Waals surface area contributed by atoms with Gasteiger partial charge >= 0.3 is 0 Å². The number of hydrogen-bond donors (Lipinski definition) is 1. The first-order valence-electron chi connectivity index (χ1n) is 13.9. The quantitative estimate of drug-likeness (QED) is 0.486. The number of hydrogen-bond acceptors (Lipinski definition) is 1. The number of aliphatic hydroxyl groups is 1. The van der Waals surface area contributed by atoms with E-state index in [1.165, 1.54) is 38.5 Å². The second-order valence-corrected chi connectivity index (χ2v) is 11.7. The Bertz CT molecular complexity index is 682. The van der Waals surface area contributed by atoms with E-state index in [2.05, 4.69) is 33.8 Å². The molecule has 1 nitrogen and oxygen atoms in total. The van der Waals surface area contributed by atoms with Crippen molar-refractivity contribution in [3.05, 3.63) is 11.6 Å². The molecule has 4 rings (SSSR count). The van der Waals surface area contributed by atoms with Gasteiger partial charge in [-0.05, 0) is 97.7 Å². The first-order chi connectivity index (χ1) is 14.5. The summed E-state index contributed by atoms with van der Waals surface area (Å²) in [6.07, 6.45) is 13.8. The summed E-state index contributed by atoms with van der Waals surface area (Å²) in [5.41, 5.74) is 0.790. The van der Waals surface area contributed by atoms with E-state index in [-0.39, 0.29) is 12.0 Å². The molecule has 0 aromatic carbocycles. The van der Waals surface area contributed by atoms with E-state index in [9.17, 15) is 5.11 Å². The topological polar surface area (TPSA) is 20.2 Å². The summed E-state index contributed by atoms with van der Waals surface area (Å²) in [5, 5.41) is 10.3. The third kappa shape index (κ3) is 3.42. The maximum absolute atomic E-state index is 10.3. The zero-order valence-corrected chi connectivity index (χ0v) is 18.8. The van der Waals surface area contributed by atoms with E-state index in [1.807, 2.05) is 0 Å². The van der Waals surface area contributed by atoms with E-state index in [0.29, 0.717) is 36.5 Å². The Labute approximate surface area is 179 Å². The average molecular weight is 390 g/mol. The van der Waals surface area contributed by atoms with Crippen molar-refractivity contribution in [3.8, 4) is 0 Å². The molecule has 0 heterocycles. The molecule has 0 aromatic heterocycles. The fraction of sp³-hybridized carbons (Fsp3) is 0.926. The Morgan fingerprint density at radius 1 is 1.11 bits per heavy atom. The van der Waals surface area contributed by atoms with Crippen LogP contribution in [-0.2, 0) is 0 Å². The molecular formula is C27H46O. The van der Waals surface area contributed by atoms with Gasteiger partial charge in [-0.1, -0.05) is 65.5 Å². The summed E-state index contributed by atoms with van der Waals surface area (Å²) in [6.45, 7) is 7.76. The van der Waals surface area contributed by atoms with Crippen LogP contribution in [0, 0.1) is 46.3 Å². The lowest BCUT2D eigenvalue weighted by Gasteiger charge is -2.58. The highest BCUT2D eigenvalue weighted by Gasteiger charge is 2.59. The Kier molecular flexibility index (Phi) is 4.81. The first kappa shape index (κ1) is 17.4. The van der Waals surface area contributed by atoms with Gasteiger partial charge in [-0.3, -0.25) is 0 Å². The second kappa shape index (κ2) is 7.75. The largest absolute Gasteiger partial charge is 0.393 e. The Hall–Kier alpha value is -0.300. The highest BCUT2D eigenvalue weighted by atomic mass is 16.3. The molecule has 0 aliphatic heterocycles. The molecule has 160 valence electrons. The third-order valence-corrected chi connectivity index (χ3v) is 9.81. The van der Waals surface area contributed by atoms with Gasteiger partial charge in [-0.2, -0.15) is 0 Å². The average Bonchev–Trinajstić information content (AvgIpc) is 3.03. The van der Waals surface area contributed by atoms with Crippen LogP contribution in [-0.4, -0.2) is 11.2 Å². The van der Waals surface area contributed by atoms with Crippen molar-refractivity contribution in [2.75, 3.05) is 0 Å². The molecule has 8 atom stereocenters. The van der Waals surface area contributed by atoms with E-state index in [1.54, 1.807) is 0 Å². The maximum atomic E-state index is 10.3. The SMILES string of the molecule is [2H]C([2H])([2H])[C@@]12CC[C@@H](O)CC1=CC[C@H]1[C@H]3CC[C@@H]([C@H](C)CCCC(C)C)[C@]3(C)CC[C@@H]12. The van der Waals surface area contributed by atoms with Crippen LogP contribution in [0.2, 0.25) is 0 Å². The van der Waals surface area contributed by atoms with Crippen LogP contribution in [0.5, 0.6) is 0 Å². The summed E-state index contributed by atoms with van der Waals surface area (Å²) < 4.78 is 25.8. The fourth-order valence-corrected chi connectivity index (χ4v) is 8.31. The Morgan fingerprint density at radius 3 is 2.68 bits per heavy atom. The van der Waals surface area contributed by atoms with Crippen LogP contribution < -0.4 is 0 Å². The molecule has 0 radical (unpaired) electrons. The highest BCUT2D eigenvalue weighted by molar-refractivity contribution is 5.25. The molecule has 3 fully saturated rings. The number of aliphatic hydroxyl groups excluding tert-OH is 1. The molecule has 1 heteroatoms. The molecule has 3 saturated carbocycles. The number of fused-ring (bicyclic) bond motifs is 5. The van der Waals surface area contributed by atoms with E-state index >= 15 is 0 Å².